The van der Waals surface area contributed by atoms with Crippen molar-refractivity contribution in [3.63, 3.8) is 0 Å². The number of ketones is 1. The Hall–Kier alpha value is -1.33. The molecule has 16 heavy (non-hydrogen) atoms. The number of carbonyl (C=O) groups excluding carboxylic acids is 1. The lowest BCUT2D eigenvalue weighted by atomic mass is 9.92. The van der Waals surface area contributed by atoms with Crippen molar-refractivity contribution in [3.05, 3.63) is 11.9 Å². The SMILES string of the molecule is CC(C)(C)CCn1cc(C(=O)C(F)F)nn1. The first-order chi connectivity index (χ1) is 7.29. The fourth-order valence-electron chi connectivity index (χ4n) is 1.08. The molecule has 90 valence electrons. The van der Waals surface area contributed by atoms with Gasteiger partial charge in [-0.05, 0) is 11.8 Å². The maximum atomic E-state index is 12.1. The number of nitrogens with zero attached hydrogens (tertiary/aromatic N) is 3. The van der Waals surface area contributed by atoms with Crippen LogP contribution >= 0.6 is 0 Å². The van der Waals surface area contributed by atoms with Gasteiger partial charge in [-0.1, -0.05) is 26.0 Å². The molecule has 1 rings (SSSR count). The summed E-state index contributed by atoms with van der Waals surface area (Å²) in [5.74, 6) is -1.28. The largest absolute Gasteiger partial charge is 0.302 e. The Morgan fingerprint density at radius 3 is 2.62 bits per heavy atom. The van der Waals surface area contributed by atoms with E-state index < -0.39 is 12.2 Å². The molecule has 0 bridgehead atoms. The fraction of sp³-hybridized carbons (Fsp3) is 0.700. The molecule has 0 unspecified atom stereocenters. The van der Waals surface area contributed by atoms with Gasteiger partial charge in [0.1, 0.15) is 0 Å². The maximum absolute atomic E-state index is 12.1. The van der Waals surface area contributed by atoms with Crippen LogP contribution in [-0.2, 0) is 6.54 Å². The average Bonchev–Trinajstić information content (AvgIpc) is 2.60. The third-order valence-corrected chi connectivity index (χ3v) is 2.08. The first kappa shape index (κ1) is 12.7. The van der Waals surface area contributed by atoms with Gasteiger partial charge in [0.05, 0.1) is 6.20 Å². The molecule has 0 aliphatic carbocycles. The maximum Gasteiger partial charge on any atom is 0.302 e. The minimum absolute atomic E-state index is 0.124. The van der Waals surface area contributed by atoms with Crippen LogP contribution in [0.3, 0.4) is 0 Å². The molecule has 1 heterocycles. The Bertz CT molecular complexity index is 368. The van der Waals surface area contributed by atoms with E-state index in [2.05, 4.69) is 31.1 Å². The van der Waals surface area contributed by atoms with E-state index >= 15 is 0 Å². The second kappa shape index (κ2) is 4.67. The van der Waals surface area contributed by atoms with Gasteiger partial charge in [0, 0.05) is 6.54 Å². The molecule has 1 aromatic heterocycles. The Morgan fingerprint density at radius 2 is 2.12 bits per heavy atom. The second-order valence-electron chi connectivity index (χ2n) is 4.84. The Balaban J connectivity index is 2.62. The molecule has 0 N–H and O–H groups in total. The number of aromatic nitrogens is 3. The number of Topliss-reactive ketones (excluding diaryl/α,β-unsaturated/α-hetero) is 1. The highest BCUT2D eigenvalue weighted by Crippen LogP contribution is 2.19. The average molecular weight is 231 g/mol. The van der Waals surface area contributed by atoms with Crippen LogP contribution in [0.4, 0.5) is 8.78 Å². The molecular formula is C10H15F2N3O. The molecule has 0 aliphatic heterocycles. The Morgan fingerprint density at radius 1 is 1.50 bits per heavy atom. The molecule has 0 spiro atoms. The van der Waals surface area contributed by atoms with Gasteiger partial charge >= 0.3 is 6.43 Å². The van der Waals surface area contributed by atoms with E-state index in [0.717, 1.165) is 6.42 Å². The van der Waals surface area contributed by atoms with E-state index in [0.29, 0.717) is 6.54 Å². The summed E-state index contributed by atoms with van der Waals surface area (Å²) >= 11 is 0. The highest BCUT2D eigenvalue weighted by Gasteiger charge is 2.21. The summed E-state index contributed by atoms with van der Waals surface area (Å²) in [5, 5.41) is 7.06. The van der Waals surface area contributed by atoms with Crippen LogP contribution in [0.15, 0.2) is 6.20 Å². The lowest BCUT2D eigenvalue weighted by molar-refractivity contribution is 0.0673. The Labute approximate surface area is 92.6 Å². The second-order valence-corrected chi connectivity index (χ2v) is 4.84. The normalized spacial score (nSPS) is 12.1. The number of hydrogen-bond donors (Lipinski definition) is 0. The van der Waals surface area contributed by atoms with Crippen molar-refractivity contribution in [2.24, 2.45) is 5.41 Å². The van der Waals surface area contributed by atoms with Crippen molar-refractivity contribution in [3.8, 4) is 0 Å². The molecule has 0 saturated carbocycles. The number of hydrogen-bond acceptors (Lipinski definition) is 3. The minimum Gasteiger partial charge on any atom is -0.286 e. The summed E-state index contributed by atoms with van der Waals surface area (Å²) in [6, 6.07) is 0. The standard InChI is InChI=1S/C10H15F2N3O/c1-10(2,3)4-5-15-6-7(13-14-15)8(16)9(11)12/h6,9H,4-5H2,1-3H3. The van der Waals surface area contributed by atoms with Crippen LogP contribution in [0.2, 0.25) is 0 Å². The predicted octanol–water partition coefficient (Wildman–Crippen LogP) is 2.16. The van der Waals surface area contributed by atoms with Gasteiger partial charge in [-0.3, -0.25) is 9.48 Å². The van der Waals surface area contributed by atoms with Crippen LogP contribution in [0, 0.1) is 5.41 Å². The molecule has 0 atom stereocenters. The number of rotatable bonds is 4. The zero-order valence-electron chi connectivity index (χ0n) is 9.57. The fourth-order valence-corrected chi connectivity index (χ4v) is 1.08. The summed E-state index contributed by atoms with van der Waals surface area (Å²) in [6.45, 7) is 6.76. The van der Waals surface area contributed by atoms with E-state index in [9.17, 15) is 13.6 Å². The third kappa shape index (κ3) is 3.67. The molecule has 4 nitrogen and oxygen atoms in total. The number of carbonyl (C=O) groups is 1. The van der Waals surface area contributed by atoms with Gasteiger partial charge < -0.3 is 0 Å². The molecule has 1 aromatic rings. The molecule has 0 saturated heterocycles. The lowest BCUT2D eigenvalue weighted by Crippen LogP contribution is -2.11. The first-order valence-electron chi connectivity index (χ1n) is 5.02. The van der Waals surface area contributed by atoms with E-state index in [1.807, 2.05) is 0 Å². The van der Waals surface area contributed by atoms with Crippen LogP contribution in [-0.4, -0.2) is 27.2 Å². The van der Waals surface area contributed by atoms with Crippen molar-refractivity contribution in [2.75, 3.05) is 0 Å². The minimum atomic E-state index is -3.02. The van der Waals surface area contributed by atoms with Gasteiger partial charge in [-0.25, -0.2) is 8.78 Å². The molecular weight excluding hydrogens is 216 g/mol. The van der Waals surface area contributed by atoms with E-state index in [4.69, 9.17) is 0 Å². The van der Waals surface area contributed by atoms with Crippen LogP contribution in [0.5, 0.6) is 0 Å². The van der Waals surface area contributed by atoms with Crippen LogP contribution in [0.1, 0.15) is 37.7 Å². The zero-order chi connectivity index (χ0) is 12.3. The van der Waals surface area contributed by atoms with Crippen LogP contribution < -0.4 is 0 Å². The lowest BCUT2D eigenvalue weighted by Gasteiger charge is -2.17. The molecule has 6 heteroatoms. The van der Waals surface area contributed by atoms with E-state index in [1.54, 1.807) is 0 Å². The number of aryl methyl sites for hydroxylation is 1. The zero-order valence-corrected chi connectivity index (χ0v) is 9.57. The molecule has 0 aliphatic rings. The molecule has 0 amide bonds. The Kier molecular flexibility index (Phi) is 3.72. The molecule has 0 radical (unpaired) electrons. The highest BCUT2D eigenvalue weighted by atomic mass is 19.3. The monoisotopic (exact) mass is 231 g/mol. The summed E-state index contributed by atoms with van der Waals surface area (Å²) in [4.78, 5) is 10.9. The van der Waals surface area contributed by atoms with Crippen molar-refractivity contribution in [1.82, 2.24) is 15.0 Å². The third-order valence-electron chi connectivity index (χ3n) is 2.08. The summed E-state index contributed by atoms with van der Waals surface area (Å²) in [5.41, 5.74) is -0.150. The predicted molar refractivity (Wildman–Crippen MR) is 54.4 cm³/mol. The van der Waals surface area contributed by atoms with E-state index in [1.165, 1.54) is 10.9 Å². The number of alkyl halides is 2. The molecule has 0 fully saturated rings. The number of halogens is 2. The summed E-state index contributed by atoms with van der Waals surface area (Å²) < 4.78 is 25.6. The van der Waals surface area contributed by atoms with Gasteiger partial charge in [-0.15, -0.1) is 5.10 Å². The topological polar surface area (TPSA) is 47.8 Å². The summed E-state index contributed by atoms with van der Waals surface area (Å²) in [6.07, 6.45) is -0.924. The van der Waals surface area contributed by atoms with Crippen molar-refractivity contribution >= 4 is 5.78 Å². The quantitative estimate of drug-likeness (QED) is 0.746. The smallest absolute Gasteiger partial charge is 0.286 e. The van der Waals surface area contributed by atoms with Gasteiger partial charge in [-0.2, -0.15) is 0 Å². The molecule has 0 aromatic carbocycles. The highest BCUT2D eigenvalue weighted by molar-refractivity contribution is 5.96. The van der Waals surface area contributed by atoms with Crippen molar-refractivity contribution in [1.29, 1.82) is 0 Å². The van der Waals surface area contributed by atoms with Crippen LogP contribution in [0.25, 0.3) is 0 Å². The van der Waals surface area contributed by atoms with Gasteiger partial charge in [0.25, 0.3) is 5.78 Å². The summed E-state index contributed by atoms with van der Waals surface area (Å²) in [7, 11) is 0. The van der Waals surface area contributed by atoms with E-state index in [-0.39, 0.29) is 11.1 Å². The first-order valence-corrected chi connectivity index (χ1v) is 5.02. The van der Waals surface area contributed by atoms with Gasteiger partial charge in [0.15, 0.2) is 5.69 Å². The van der Waals surface area contributed by atoms with Crippen molar-refractivity contribution in [2.45, 2.75) is 40.2 Å². The van der Waals surface area contributed by atoms with Crippen molar-refractivity contribution < 1.29 is 13.6 Å². The van der Waals surface area contributed by atoms with Gasteiger partial charge in [0.2, 0.25) is 0 Å².